The lowest BCUT2D eigenvalue weighted by Gasteiger charge is -2.03. The molecule has 0 aliphatic heterocycles. The van der Waals surface area contributed by atoms with Crippen LogP contribution in [-0.4, -0.2) is 46.1 Å². The van der Waals surface area contributed by atoms with Gasteiger partial charge in [-0.3, -0.25) is 8.74 Å². The monoisotopic (exact) mass is 481 g/mol. The average molecular weight is 482 g/mol. The van der Waals surface area contributed by atoms with Crippen molar-refractivity contribution in [2.24, 2.45) is 0 Å². The first kappa shape index (κ1) is 36.4. The van der Waals surface area contributed by atoms with Crippen LogP contribution in [0, 0.1) is 0 Å². The molecule has 0 unspecified atom stereocenters. The van der Waals surface area contributed by atoms with E-state index >= 15 is 0 Å². The molecule has 6 heteroatoms. The molecule has 0 saturated heterocycles. The van der Waals surface area contributed by atoms with Crippen molar-refractivity contribution in [3.63, 3.8) is 0 Å². The lowest BCUT2D eigenvalue weighted by molar-refractivity contribution is 0.324. The van der Waals surface area contributed by atoms with Crippen LogP contribution < -0.4 is 0 Å². The standard InChI is InChI=1S/C22H46.C3H9N.CH4O4S/c1-3-5-7-9-11-13-15-17-19-21-22-20-18-16-14-12-10-8-6-4-2;1-4(2)3;1-5-6(2,3)4/h3-22H2,1-2H3;1-3H3;1H3,(H,2,3,4). The fourth-order valence-electron chi connectivity index (χ4n) is 3.33. The first-order valence-electron chi connectivity index (χ1n) is 13.3. The topological polar surface area (TPSA) is 66.8 Å². The largest absolute Gasteiger partial charge is 0.397 e. The second-order valence-corrected chi connectivity index (χ2v) is 10.5. The molecule has 0 rings (SSSR count). The Morgan fingerprint density at radius 1 is 0.531 bits per heavy atom. The summed E-state index contributed by atoms with van der Waals surface area (Å²) in [5, 5.41) is 0. The van der Waals surface area contributed by atoms with Gasteiger partial charge in [-0.2, -0.15) is 8.42 Å². The lowest BCUT2D eigenvalue weighted by atomic mass is 10.0. The first-order chi connectivity index (χ1) is 15.2. The number of nitrogens with zero attached hydrogens (tertiary/aromatic N) is 1. The fraction of sp³-hybridized carbons (Fsp3) is 1.00. The van der Waals surface area contributed by atoms with Crippen LogP contribution in [0.2, 0.25) is 0 Å². The summed E-state index contributed by atoms with van der Waals surface area (Å²) in [5.41, 5.74) is 0. The SMILES string of the molecule is CCCCCCCCCCCCCCCCCCCCCC.CN(C)C.COS(=O)(=O)O. The van der Waals surface area contributed by atoms with E-state index < -0.39 is 10.4 Å². The van der Waals surface area contributed by atoms with E-state index in [9.17, 15) is 8.42 Å². The smallest absolute Gasteiger partial charge is 0.312 e. The molecule has 0 aliphatic carbocycles. The van der Waals surface area contributed by atoms with Gasteiger partial charge < -0.3 is 4.90 Å². The molecule has 1 N–H and O–H groups in total. The zero-order chi connectivity index (χ0) is 24.9. The molecule has 0 radical (unpaired) electrons. The zero-order valence-electron chi connectivity index (χ0n) is 22.7. The summed E-state index contributed by atoms with van der Waals surface area (Å²) in [6, 6.07) is 0. The Bertz CT molecular complexity index is 391. The average Bonchev–Trinajstić information content (AvgIpc) is 2.72. The summed E-state index contributed by atoms with van der Waals surface area (Å²) in [5.74, 6) is 0. The molecule has 0 heterocycles. The van der Waals surface area contributed by atoms with Crippen LogP contribution in [0.1, 0.15) is 142 Å². The van der Waals surface area contributed by atoms with Crippen molar-refractivity contribution in [3.05, 3.63) is 0 Å². The van der Waals surface area contributed by atoms with Gasteiger partial charge in [0.1, 0.15) is 0 Å². The summed E-state index contributed by atoms with van der Waals surface area (Å²) in [6.07, 6.45) is 29.4. The van der Waals surface area contributed by atoms with Crippen LogP contribution in [-0.2, 0) is 14.6 Å². The van der Waals surface area contributed by atoms with Gasteiger partial charge in [0.15, 0.2) is 0 Å². The predicted molar refractivity (Wildman–Crippen MR) is 142 cm³/mol. The molecule has 0 aromatic rings. The van der Waals surface area contributed by atoms with Crippen LogP contribution in [0.3, 0.4) is 0 Å². The number of hydrogen-bond acceptors (Lipinski definition) is 4. The highest BCUT2D eigenvalue weighted by Crippen LogP contribution is 2.14. The molecular formula is C26H59NO4S. The van der Waals surface area contributed by atoms with Gasteiger partial charge in [0.2, 0.25) is 0 Å². The molecule has 0 aromatic heterocycles. The number of unbranched alkanes of at least 4 members (excludes halogenated alkanes) is 19. The van der Waals surface area contributed by atoms with Crippen LogP contribution in [0.5, 0.6) is 0 Å². The zero-order valence-corrected chi connectivity index (χ0v) is 23.5. The van der Waals surface area contributed by atoms with E-state index in [1.165, 1.54) is 128 Å². The second-order valence-electron chi connectivity index (χ2n) is 9.30. The summed E-state index contributed by atoms with van der Waals surface area (Å²) in [4.78, 5) is 2.00. The van der Waals surface area contributed by atoms with Crippen molar-refractivity contribution in [3.8, 4) is 0 Å². The van der Waals surface area contributed by atoms with Crippen LogP contribution in [0.25, 0.3) is 0 Å². The van der Waals surface area contributed by atoms with E-state index in [1.54, 1.807) is 0 Å². The molecule has 0 spiro atoms. The Labute approximate surface area is 203 Å². The van der Waals surface area contributed by atoms with Crippen molar-refractivity contribution < 1.29 is 17.2 Å². The first-order valence-corrected chi connectivity index (χ1v) is 14.7. The maximum Gasteiger partial charge on any atom is 0.397 e. The van der Waals surface area contributed by atoms with Gasteiger partial charge in [-0.15, -0.1) is 0 Å². The lowest BCUT2D eigenvalue weighted by Crippen LogP contribution is -1.99. The molecule has 0 fully saturated rings. The van der Waals surface area contributed by atoms with Gasteiger partial charge in [0.05, 0.1) is 7.11 Å². The quantitative estimate of drug-likeness (QED) is 0.139. The van der Waals surface area contributed by atoms with Gasteiger partial charge in [0, 0.05) is 0 Å². The minimum Gasteiger partial charge on any atom is -0.312 e. The van der Waals surface area contributed by atoms with Crippen LogP contribution in [0.4, 0.5) is 0 Å². The second kappa shape index (κ2) is 30.8. The summed E-state index contributed by atoms with van der Waals surface area (Å²) in [7, 11) is 2.71. The van der Waals surface area contributed by atoms with Crippen molar-refractivity contribution in [1.82, 2.24) is 4.90 Å². The van der Waals surface area contributed by atoms with Gasteiger partial charge in [0.25, 0.3) is 0 Å². The number of hydrogen-bond donors (Lipinski definition) is 1. The van der Waals surface area contributed by atoms with E-state index in [2.05, 4.69) is 18.0 Å². The normalized spacial score (nSPS) is 11.0. The predicted octanol–water partition coefficient (Wildman–Crippen LogP) is 8.44. The Hall–Kier alpha value is -0.170. The Kier molecular flexibility index (Phi) is 35.1. The van der Waals surface area contributed by atoms with Gasteiger partial charge in [-0.1, -0.05) is 142 Å². The number of rotatable bonds is 20. The van der Waals surface area contributed by atoms with E-state index in [4.69, 9.17) is 4.55 Å². The van der Waals surface area contributed by atoms with Crippen LogP contribution >= 0.6 is 0 Å². The molecular weight excluding hydrogens is 422 g/mol. The summed E-state index contributed by atoms with van der Waals surface area (Å²) < 4.78 is 29.7. The van der Waals surface area contributed by atoms with Crippen LogP contribution in [0.15, 0.2) is 0 Å². The van der Waals surface area contributed by atoms with E-state index in [0.29, 0.717) is 0 Å². The Morgan fingerprint density at radius 2 is 0.656 bits per heavy atom. The van der Waals surface area contributed by atoms with E-state index in [-0.39, 0.29) is 0 Å². The molecule has 5 nitrogen and oxygen atoms in total. The van der Waals surface area contributed by atoms with E-state index in [1.807, 2.05) is 26.0 Å². The summed E-state index contributed by atoms with van der Waals surface area (Å²) in [6.45, 7) is 4.60. The molecule has 0 saturated carbocycles. The highest BCUT2D eigenvalue weighted by atomic mass is 32.3. The highest BCUT2D eigenvalue weighted by Gasteiger charge is 1.95. The van der Waals surface area contributed by atoms with E-state index in [0.717, 1.165) is 7.11 Å². The molecule has 0 aliphatic rings. The maximum absolute atomic E-state index is 9.33. The Morgan fingerprint density at radius 3 is 0.750 bits per heavy atom. The van der Waals surface area contributed by atoms with Gasteiger partial charge in [-0.05, 0) is 21.1 Å². The minimum absolute atomic E-state index is 0.870. The Balaban J connectivity index is -0.000000696. The van der Waals surface area contributed by atoms with Gasteiger partial charge >= 0.3 is 10.4 Å². The molecule has 0 atom stereocenters. The minimum atomic E-state index is -4.16. The summed E-state index contributed by atoms with van der Waals surface area (Å²) >= 11 is 0. The van der Waals surface area contributed by atoms with Crippen molar-refractivity contribution in [1.29, 1.82) is 0 Å². The highest BCUT2D eigenvalue weighted by molar-refractivity contribution is 7.80. The molecule has 0 aromatic carbocycles. The third-order valence-electron chi connectivity index (χ3n) is 5.17. The molecule has 0 bridgehead atoms. The van der Waals surface area contributed by atoms with Crippen molar-refractivity contribution >= 4 is 10.4 Å². The fourth-order valence-corrected chi connectivity index (χ4v) is 3.33. The molecule has 198 valence electrons. The van der Waals surface area contributed by atoms with Crippen molar-refractivity contribution in [2.45, 2.75) is 142 Å². The third-order valence-corrected chi connectivity index (χ3v) is 5.59. The molecule has 32 heavy (non-hydrogen) atoms. The van der Waals surface area contributed by atoms with Gasteiger partial charge in [-0.25, -0.2) is 0 Å². The third kappa shape index (κ3) is 52.0. The molecule has 0 amide bonds. The van der Waals surface area contributed by atoms with Crippen molar-refractivity contribution in [2.75, 3.05) is 28.3 Å². The maximum atomic E-state index is 9.33.